The van der Waals surface area contributed by atoms with Gasteiger partial charge in [0.1, 0.15) is 0 Å². The third-order valence-corrected chi connectivity index (χ3v) is 5.33. The number of likely N-dealkylation sites (tertiary alicyclic amines) is 1. The van der Waals surface area contributed by atoms with Crippen molar-refractivity contribution in [3.05, 3.63) is 71.7 Å². The van der Waals surface area contributed by atoms with Crippen molar-refractivity contribution in [3.8, 4) is 11.3 Å². The molecule has 0 bridgehead atoms. The van der Waals surface area contributed by atoms with E-state index in [1.165, 1.54) is 0 Å². The van der Waals surface area contributed by atoms with Gasteiger partial charge in [-0.05, 0) is 31.4 Å². The molecule has 0 spiro atoms. The molecule has 1 aromatic carbocycles. The third-order valence-electron chi connectivity index (χ3n) is 5.33. The van der Waals surface area contributed by atoms with E-state index in [1.807, 2.05) is 43.3 Å². The molecular formula is C23H24N4O3. The van der Waals surface area contributed by atoms with E-state index in [0.29, 0.717) is 25.4 Å². The van der Waals surface area contributed by atoms with E-state index < -0.39 is 0 Å². The molecule has 7 nitrogen and oxygen atoms in total. The summed E-state index contributed by atoms with van der Waals surface area (Å²) < 4.78 is 5.38. The fourth-order valence-corrected chi connectivity index (χ4v) is 3.60. The Kier molecular flexibility index (Phi) is 5.88. The number of nitrogens with one attached hydrogen (secondary N) is 1. The topological polar surface area (TPSA) is 88.3 Å². The van der Waals surface area contributed by atoms with Gasteiger partial charge in [0.2, 0.25) is 5.91 Å². The second kappa shape index (κ2) is 8.90. The van der Waals surface area contributed by atoms with Crippen LogP contribution in [0.2, 0.25) is 0 Å². The molecule has 1 fully saturated rings. The van der Waals surface area contributed by atoms with E-state index in [2.05, 4.69) is 15.5 Å². The Labute approximate surface area is 175 Å². The molecule has 0 aliphatic carbocycles. The van der Waals surface area contributed by atoms with Crippen molar-refractivity contribution in [1.29, 1.82) is 0 Å². The van der Waals surface area contributed by atoms with Crippen molar-refractivity contribution in [2.45, 2.75) is 26.3 Å². The summed E-state index contributed by atoms with van der Waals surface area (Å²) in [5.74, 6) is 0.0719. The molecule has 1 N–H and O–H groups in total. The van der Waals surface area contributed by atoms with Crippen LogP contribution in [0.5, 0.6) is 0 Å². The summed E-state index contributed by atoms with van der Waals surface area (Å²) in [5, 5.41) is 6.91. The lowest BCUT2D eigenvalue weighted by atomic mass is 9.96. The number of aryl methyl sites for hydroxylation is 1. The predicted octanol–water partition coefficient (Wildman–Crippen LogP) is 3.21. The average molecular weight is 404 g/mol. The van der Waals surface area contributed by atoms with E-state index in [4.69, 9.17) is 4.52 Å². The summed E-state index contributed by atoms with van der Waals surface area (Å²) in [7, 11) is 0. The summed E-state index contributed by atoms with van der Waals surface area (Å²) >= 11 is 0. The number of rotatable bonds is 5. The maximum atomic E-state index is 12.9. The highest BCUT2D eigenvalue weighted by molar-refractivity contribution is 5.93. The van der Waals surface area contributed by atoms with Gasteiger partial charge in [0.05, 0.1) is 5.92 Å². The molecule has 7 heteroatoms. The highest BCUT2D eigenvalue weighted by atomic mass is 16.5. The molecule has 2 amide bonds. The molecule has 1 saturated heterocycles. The molecule has 2 aromatic heterocycles. The van der Waals surface area contributed by atoms with Gasteiger partial charge < -0.3 is 14.7 Å². The molecule has 1 atom stereocenters. The number of hydrogen-bond acceptors (Lipinski definition) is 5. The lowest BCUT2D eigenvalue weighted by Gasteiger charge is -2.31. The van der Waals surface area contributed by atoms with Crippen molar-refractivity contribution in [2.75, 3.05) is 13.1 Å². The number of nitrogens with zero attached hydrogens (tertiary/aromatic N) is 3. The van der Waals surface area contributed by atoms with Gasteiger partial charge >= 0.3 is 0 Å². The minimum absolute atomic E-state index is 0.0446. The molecule has 4 rings (SSSR count). The molecule has 1 aliphatic heterocycles. The van der Waals surface area contributed by atoms with E-state index in [0.717, 1.165) is 29.5 Å². The van der Waals surface area contributed by atoms with Crippen LogP contribution < -0.4 is 5.32 Å². The van der Waals surface area contributed by atoms with Crippen LogP contribution in [0.25, 0.3) is 11.3 Å². The Morgan fingerprint density at radius 3 is 2.83 bits per heavy atom. The number of hydrogen-bond donors (Lipinski definition) is 1. The molecule has 0 saturated carbocycles. The van der Waals surface area contributed by atoms with Crippen LogP contribution in [0, 0.1) is 12.8 Å². The first kappa shape index (κ1) is 19.8. The van der Waals surface area contributed by atoms with Gasteiger partial charge in [-0.3, -0.25) is 14.6 Å². The average Bonchev–Trinajstić information content (AvgIpc) is 3.28. The Balaban J connectivity index is 1.37. The van der Waals surface area contributed by atoms with E-state index in [9.17, 15) is 9.59 Å². The number of pyridine rings is 1. The zero-order valence-corrected chi connectivity index (χ0v) is 16.9. The quantitative estimate of drug-likeness (QED) is 0.705. The van der Waals surface area contributed by atoms with Crippen molar-refractivity contribution in [1.82, 2.24) is 20.4 Å². The molecule has 3 heterocycles. The molecule has 0 unspecified atom stereocenters. The lowest BCUT2D eigenvalue weighted by molar-refractivity contribution is -0.126. The highest BCUT2D eigenvalue weighted by Crippen LogP contribution is 2.23. The minimum atomic E-state index is -0.233. The number of benzene rings is 1. The van der Waals surface area contributed by atoms with Crippen molar-refractivity contribution in [3.63, 3.8) is 0 Å². The first-order valence-electron chi connectivity index (χ1n) is 10.1. The Bertz CT molecular complexity index is 1010. The first-order valence-corrected chi connectivity index (χ1v) is 10.1. The van der Waals surface area contributed by atoms with Crippen molar-refractivity contribution in [2.24, 2.45) is 5.92 Å². The summed E-state index contributed by atoms with van der Waals surface area (Å²) in [6.45, 7) is 3.43. The third kappa shape index (κ3) is 4.56. The van der Waals surface area contributed by atoms with Crippen molar-refractivity contribution >= 4 is 11.8 Å². The van der Waals surface area contributed by atoms with Crippen LogP contribution in [0.3, 0.4) is 0 Å². The fraction of sp³-hybridized carbons (Fsp3) is 0.304. The van der Waals surface area contributed by atoms with E-state index in [1.54, 1.807) is 23.4 Å². The van der Waals surface area contributed by atoms with E-state index in [-0.39, 0.29) is 23.4 Å². The second-order valence-electron chi connectivity index (χ2n) is 7.61. The van der Waals surface area contributed by atoms with Gasteiger partial charge in [0.15, 0.2) is 11.5 Å². The van der Waals surface area contributed by atoms with Crippen LogP contribution in [-0.4, -0.2) is 39.9 Å². The van der Waals surface area contributed by atoms with E-state index >= 15 is 0 Å². The molecule has 154 valence electrons. The Hall–Kier alpha value is -3.48. The van der Waals surface area contributed by atoms with Gasteiger partial charge in [0.25, 0.3) is 5.91 Å². The maximum absolute atomic E-state index is 12.9. The standard InChI is InChI=1S/C23H24N4O3/c1-16-6-8-18(9-7-16)21-12-20(26-30-21)23(29)27-11-3-5-19(15-27)22(28)25-14-17-4-2-10-24-13-17/h2,4,6-10,12-13,19H,3,5,11,14-15H2,1H3,(H,25,28)/t19-/m1/s1. The van der Waals surface area contributed by atoms with Crippen LogP contribution >= 0.6 is 0 Å². The summed E-state index contributed by atoms with van der Waals surface area (Å²) in [6, 6.07) is 13.3. The first-order chi connectivity index (χ1) is 14.6. The molecule has 1 aliphatic rings. The zero-order valence-electron chi connectivity index (χ0n) is 16.9. The van der Waals surface area contributed by atoms with Gasteiger partial charge in [-0.25, -0.2) is 0 Å². The number of carbonyl (C=O) groups excluding carboxylic acids is 2. The summed E-state index contributed by atoms with van der Waals surface area (Å²) in [6.07, 6.45) is 4.97. The van der Waals surface area contributed by atoms with Crippen LogP contribution in [0.15, 0.2) is 59.4 Å². The number of piperidine rings is 1. The van der Waals surface area contributed by atoms with Crippen LogP contribution in [-0.2, 0) is 11.3 Å². The molecule has 30 heavy (non-hydrogen) atoms. The minimum Gasteiger partial charge on any atom is -0.355 e. The summed E-state index contributed by atoms with van der Waals surface area (Å²) in [5.41, 5.74) is 3.23. The predicted molar refractivity (Wildman–Crippen MR) is 111 cm³/mol. The van der Waals surface area contributed by atoms with Crippen molar-refractivity contribution < 1.29 is 14.1 Å². The SMILES string of the molecule is Cc1ccc(-c2cc(C(=O)N3CCC[C@@H](C(=O)NCc4cccnc4)C3)no2)cc1. The van der Waals surface area contributed by atoms with Gasteiger partial charge in [-0.2, -0.15) is 0 Å². The van der Waals surface area contributed by atoms with Gasteiger partial charge in [0, 0.05) is 43.7 Å². The number of carbonyl (C=O) groups is 2. The normalized spacial score (nSPS) is 16.3. The molecule has 3 aromatic rings. The Morgan fingerprint density at radius 1 is 1.23 bits per heavy atom. The molecule has 0 radical (unpaired) electrons. The van der Waals surface area contributed by atoms with Gasteiger partial charge in [-0.15, -0.1) is 0 Å². The van der Waals surface area contributed by atoms with Crippen LogP contribution in [0.4, 0.5) is 0 Å². The highest BCUT2D eigenvalue weighted by Gasteiger charge is 2.30. The fourth-order valence-electron chi connectivity index (χ4n) is 3.60. The molecular weight excluding hydrogens is 380 g/mol. The number of amides is 2. The smallest absolute Gasteiger partial charge is 0.276 e. The summed E-state index contributed by atoms with van der Waals surface area (Å²) in [4.78, 5) is 31.2. The maximum Gasteiger partial charge on any atom is 0.276 e. The van der Waals surface area contributed by atoms with Crippen LogP contribution in [0.1, 0.15) is 34.5 Å². The number of aromatic nitrogens is 2. The monoisotopic (exact) mass is 404 g/mol. The Morgan fingerprint density at radius 2 is 2.07 bits per heavy atom. The zero-order chi connectivity index (χ0) is 20.9. The van der Waals surface area contributed by atoms with Gasteiger partial charge in [-0.1, -0.05) is 41.1 Å². The second-order valence-corrected chi connectivity index (χ2v) is 7.61. The largest absolute Gasteiger partial charge is 0.355 e. The lowest BCUT2D eigenvalue weighted by Crippen LogP contribution is -2.45.